The fourth-order valence-corrected chi connectivity index (χ4v) is 4.73. The molecule has 1 aliphatic carbocycles. The molecule has 0 saturated heterocycles. The van der Waals surface area contributed by atoms with Gasteiger partial charge < -0.3 is 14.6 Å². The van der Waals surface area contributed by atoms with E-state index in [4.69, 9.17) is 9.26 Å². The minimum atomic E-state index is -0.301. The Hall–Kier alpha value is -3.72. The first-order chi connectivity index (χ1) is 16.2. The smallest absolute Gasteiger partial charge is 0.332 e. The van der Waals surface area contributed by atoms with Crippen molar-refractivity contribution >= 4 is 22.8 Å². The van der Waals surface area contributed by atoms with Crippen LogP contribution < -0.4 is 15.4 Å². The second kappa shape index (κ2) is 8.32. The molecule has 4 aromatic rings. The maximum absolute atomic E-state index is 12.9. The van der Waals surface area contributed by atoms with Gasteiger partial charge in [0.25, 0.3) is 0 Å². The van der Waals surface area contributed by atoms with Crippen molar-refractivity contribution in [3.8, 4) is 11.6 Å². The predicted molar refractivity (Wildman–Crippen MR) is 121 cm³/mol. The van der Waals surface area contributed by atoms with E-state index in [1.54, 1.807) is 10.8 Å². The van der Waals surface area contributed by atoms with Crippen LogP contribution in [-0.2, 0) is 13.1 Å². The minimum Gasteiger partial charge on any atom is -0.439 e. The Kier molecular flexibility index (Phi) is 5.03. The molecular formula is C24H24N6O3. The monoisotopic (exact) mass is 444 g/mol. The summed E-state index contributed by atoms with van der Waals surface area (Å²) in [5.41, 5.74) is 3.63. The van der Waals surface area contributed by atoms with Crippen LogP contribution in [-0.4, -0.2) is 25.7 Å². The molecule has 0 bridgehead atoms. The van der Waals surface area contributed by atoms with E-state index in [2.05, 4.69) is 25.8 Å². The quantitative estimate of drug-likeness (QED) is 0.459. The highest BCUT2D eigenvalue weighted by Crippen LogP contribution is 2.33. The molecule has 1 saturated carbocycles. The van der Waals surface area contributed by atoms with Crippen LogP contribution in [0, 0.1) is 0 Å². The van der Waals surface area contributed by atoms with Crippen LogP contribution in [0.2, 0.25) is 0 Å². The highest BCUT2D eigenvalue weighted by atomic mass is 16.5. The number of hydrogen-bond donors (Lipinski definition) is 2. The highest BCUT2D eigenvalue weighted by molar-refractivity contribution is 5.98. The van der Waals surface area contributed by atoms with E-state index in [9.17, 15) is 4.79 Å². The van der Waals surface area contributed by atoms with Gasteiger partial charge in [-0.25, -0.2) is 14.8 Å². The van der Waals surface area contributed by atoms with Gasteiger partial charge in [-0.15, -0.1) is 0 Å². The first-order valence-electron chi connectivity index (χ1n) is 11.3. The van der Waals surface area contributed by atoms with Gasteiger partial charge in [0, 0.05) is 36.7 Å². The molecule has 1 amide bonds. The summed E-state index contributed by atoms with van der Waals surface area (Å²) in [6, 6.07) is 9.01. The number of fused-ring (bicyclic) bond motifs is 2. The summed E-state index contributed by atoms with van der Waals surface area (Å²) < 4.78 is 13.0. The predicted octanol–water partition coefficient (Wildman–Crippen LogP) is 4.94. The molecule has 1 aromatic carbocycles. The van der Waals surface area contributed by atoms with Crippen molar-refractivity contribution in [3.63, 3.8) is 0 Å². The van der Waals surface area contributed by atoms with Gasteiger partial charge in [0.15, 0.2) is 0 Å². The lowest BCUT2D eigenvalue weighted by molar-refractivity contribution is 0.253. The third-order valence-electron chi connectivity index (χ3n) is 6.47. The molecule has 0 spiro atoms. The molecule has 2 N–H and O–H groups in total. The minimum absolute atomic E-state index is 0.301. The molecule has 0 atom stereocenters. The number of carbonyl (C=O) groups is 1. The molecule has 1 aliphatic heterocycles. The third-order valence-corrected chi connectivity index (χ3v) is 6.47. The molecule has 33 heavy (non-hydrogen) atoms. The highest BCUT2D eigenvalue weighted by Gasteiger charge is 2.21. The molecule has 6 rings (SSSR count). The van der Waals surface area contributed by atoms with Crippen molar-refractivity contribution in [2.45, 2.75) is 51.1 Å². The van der Waals surface area contributed by atoms with E-state index in [0.717, 1.165) is 47.2 Å². The molecular weight excluding hydrogens is 420 g/mol. The molecule has 0 radical (unpaired) electrons. The number of carbonyl (C=O) groups excluding carboxylic acids is 1. The van der Waals surface area contributed by atoms with Gasteiger partial charge >= 0.3 is 6.03 Å². The number of ether oxygens (including phenoxy) is 1. The number of benzene rings is 1. The number of rotatable bonds is 4. The van der Waals surface area contributed by atoms with E-state index in [-0.39, 0.29) is 6.03 Å². The van der Waals surface area contributed by atoms with E-state index in [0.29, 0.717) is 30.0 Å². The van der Waals surface area contributed by atoms with Crippen LogP contribution in [0.1, 0.15) is 55.0 Å². The maximum Gasteiger partial charge on any atom is 0.332 e. The van der Waals surface area contributed by atoms with Crippen molar-refractivity contribution in [2.75, 3.05) is 5.32 Å². The average Bonchev–Trinajstić information content (AvgIpc) is 3.59. The topological polar surface area (TPSA) is 107 Å². The summed E-state index contributed by atoms with van der Waals surface area (Å²) >= 11 is 0. The second-order valence-electron chi connectivity index (χ2n) is 8.60. The van der Waals surface area contributed by atoms with Gasteiger partial charge in [0.1, 0.15) is 12.1 Å². The first kappa shape index (κ1) is 19.9. The Morgan fingerprint density at radius 2 is 2.03 bits per heavy atom. The zero-order valence-corrected chi connectivity index (χ0v) is 18.1. The van der Waals surface area contributed by atoms with Crippen molar-refractivity contribution in [1.82, 2.24) is 25.0 Å². The van der Waals surface area contributed by atoms with Gasteiger partial charge in [0.2, 0.25) is 11.8 Å². The molecule has 0 unspecified atom stereocenters. The molecule has 9 heteroatoms. The summed E-state index contributed by atoms with van der Waals surface area (Å²) in [6.45, 7) is 1.41. The first-order valence-corrected chi connectivity index (χ1v) is 11.3. The summed E-state index contributed by atoms with van der Waals surface area (Å²) in [5.74, 6) is 2.00. The molecule has 2 aliphatic rings. The van der Waals surface area contributed by atoms with E-state index >= 15 is 0 Å². The van der Waals surface area contributed by atoms with Gasteiger partial charge in [-0.2, -0.15) is 0 Å². The van der Waals surface area contributed by atoms with Crippen LogP contribution in [0.3, 0.4) is 0 Å². The van der Waals surface area contributed by atoms with Gasteiger partial charge in [-0.05, 0) is 37.1 Å². The SMILES string of the molecule is O=C(Nc1cc(C2CCCCC2)no1)n1ccc2cc(Oc3ncnc4c3CNC4)ccc21. The molecule has 168 valence electrons. The van der Waals surface area contributed by atoms with Crippen molar-refractivity contribution in [1.29, 1.82) is 0 Å². The summed E-state index contributed by atoms with van der Waals surface area (Å²) in [7, 11) is 0. The lowest BCUT2D eigenvalue weighted by atomic mass is 9.87. The molecule has 9 nitrogen and oxygen atoms in total. The second-order valence-corrected chi connectivity index (χ2v) is 8.60. The van der Waals surface area contributed by atoms with Gasteiger partial charge in [-0.1, -0.05) is 24.4 Å². The maximum atomic E-state index is 12.9. The average molecular weight is 444 g/mol. The van der Waals surface area contributed by atoms with Crippen LogP contribution in [0.4, 0.5) is 10.7 Å². The zero-order valence-electron chi connectivity index (χ0n) is 18.1. The third kappa shape index (κ3) is 3.84. The number of aromatic nitrogens is 4. The fraction of sp³-hybridized carbons (Fsp3) is 0.333. The van der Waals surface area contributed by atoms with Crippen molar-refractivity contribution in [2.24, 2.45) is 0 Å². The largest absolute Gasteiger partial charge is 0.439 e. The number of amides is 1. The molecule has 4 heterocycles. The van der Waals surface area contributed by atoms with Crippen molar-refractivity contribution < 1.29 is 14.1 Å². The Balaban J connectivity index is 1.19. The standard InChI is InChI=1S/C24H24N6O3/c31-24(28-22-11-19(29-33-22)15-4-2-1-3-5-15)30-9-8-16-10-17(6-7-21(16)30)32-23-18-12-25-13-20(18)26-14-27-23/h6-11,14-15,25H,1-5,12-13H2,(H,28,31). The number of nitrogens with zero attached hydrogens (tertiary/aromatic N) is 4. The summed E-state index contributed by atoms with van der Waals surface area (Å²) in [5, 5.41) is 11.1. The Labute approximate surface area is 190 Å². The lowest BCUT2D eigenvalue weighted by Crippen LogP contribution is -2.18. The number of hydrogen-bond acceptors (Lipinski definition) is 7. The number of anilines is 1. The normalized spacial score (nSPS) is 16.1. The van der Waals surface area contributed by atoms with E-state index < -0.39 is 0 Å². The Morgan fingerprint density at radius 3 is 2.94 bits per heavy atom. The van der Waals surface area contributed by atoms with Crippen LogP contribution >= 0.6 is 0 Å². The van der Waals surface area contributed by atoms with E-state index in [1.807, 2.05) is 30.3 Å². The van der Waals surface area contributed by atoms with Crippen molar-refractivity contribution in [3.05, 3.63) is 59.8 Å². The number of nitrogens with one attached hydrogen (secondary N) is 2. The Bertz CT molecular complexity index is 1320. The van der Waals surface area contributed by atoms with Gasteiger partial charge in [-0.3, -0.25) is 9.88 Å². The fourth-order valence-electron chi connectivity index (χ4n) is 4.73. The van der Waals surface area contributed by atoms with Crippen LogP contribution in [0.25, 0.3) is 10.9 Å². The molecule has 1 fully saturated rings. The van der Waals surface area contributed by atoms with E-state index in [1.165, 1.54) is 25.6 Å². The van der Waals surface area contributed by atoms with Crippen LogP contribution in [0.5, 0.6) is 11.6 Å². The van der Waals surface area contributed by atoms with Gasteiger partial charge in [0.05, 0.1) is 22.5 Å². The lowest BCUT2D eigenvalue weighted by Gasteiger charge is -2.18. The van der Waals surface area contributed by atoms with Crippen LogP contribution in [0.15, 0.2) is 47.4 Å². The molecule has 3 aromatic heterocycles. The summed E-state index contributed by atoms with van der Waals surface area (Å²) in [4.78, 5) is 21.5. The summed E-state index contributed by atoms with van der Waals surface area (Å²) in [6.07, 6.45) is 9.22. The zero-order chi connectivity index (χ0) is 22.2. The Morgan fingerprint density at radius 1 is 1.12 bits per heavy atom.